The normalized spacial score (nSPS) is 16.8. The van der Waals surface area contributed by atoms with Crippen molar-refractivity contribution in [3.63, 3.8) is 0 Å². The van der Waals surface area contributed by atoms with Crippen LogP contribution >= 0.6 is 0 Å². The van der Waals surface area contributed by atoms with E-state index in [1.54, 1.807) is 66.4 Å². The van der Waals surface area contributed by atoms with E-state index in [9.17, 15) is 27.9 Å². The number of likely N-dealkylation sites (N-methyl/N-ethyl adjacent to an activating group) is 1. The molecule has 3 aromatic rings. The van der Waals surface area contributed by atoms with Gasteiger partial charge in [0, 0.05) is 32.4 Å². The van der Waals surface area contributed by atoms with Crippen molar-refractivity contribution < 1.29 is 37.4 Å². The van der Waals surface area contributed by atoms with Crippen LogP contribution in [0.2, 0.25) is 0 Å². The van der Waals surface area contributed by atoms with E-state index in [0.717, 1.165) is 0 Å². The first-order valence-electron chi connectivity index (χ1n) is 16.6. The molecule has 3 aromatic carbocycles. The molecule has 0 aromatic heterocycles. The molecule has 1 aliphatic rings. The number of carbonyl (C=O) groups excluding carboxylic acids is 3. The zero-order chi connectivity index (χ0) is 36.4. The van der Waals surface area contributed by atoms with Gasteiger partial charge in [0.05, 0.1) is 53.8 Å². The van der Waals surface area contributed by atoms with Crippen LogP contribution in [-0.4, -0.2) is 86.5 Å². The number of sulfonamides is 1. The summed E-state index contributed by atoms with van der Waals surface area (Å²) in [6, 6.07) is 17.4. The number of nitrogens with two attached hydrogens (primary N) is 1. The van der Waals surface area contributed by atoms with Crippen LogP contribution in [-0.2, 0) is 19.6 Å². The number of methoxy groups -OCH3 is 1. The van der Waals surface area contributed by atoms with E-state index in [1.807, 2.05) is 6.92 Å². The number of aliphatic hydroxyl groups is 1. The van der Waals surface area contributed by atoms with Gasteiger partial charge >= 0.3 is 0 Å². The molecule has 3 atom stereocenters. The molecule has 1 aliphatic heterocycles. The summed E-state index contributed by atoms with van der Waals surface area (Å²) in [5.74, 6) is -0.554. The third kappa shape index (κ3) is 9.52. The highest BCUT2D eigenvalue weighted by Crippen LogP contribution is 2.35. The molecule has 3 amide bonds. The van der Waals surface area contributed by atoms with Gasteiger partial charge in [-0.25, -0.2) is 8.42 Å². The van der Waals surface area contributed by atoms with Crippen LogP contribution in [0.3, 0.4) is 0 Å². The number of nitrogens with zero attached hydrogens (tertiary/aromatic N) is 2. The molecule has 0 bridgehead atoms. The van der Waals surface area contributed by atoms with Gasteiger partial charge in [-0.1, -0.05) is 31.5 Å². The molecule has 14 heteroatoms. The van der Waals surface area contributed by atoms with Crippen molar-refractivity contribution in [3.05, 3.63) is 72.3 Å². The number of rotatable bonds is 15. The van der Waals surface area contributed by atoms with Gasteiger partial charge in [0.25, 0.3) is 5.91 Å². The summed E-state index contributed by atoms with van der Waals surface area (Å²) in [7, 11) is -0.963. The molecule has 0 saturated carbocycles. The number of ether oxygens (including phenoxy) is 2. The zero-order valence-corrected chi connectivity index (χ0v) is 29.7. The third-order valence-electron chi connectivity index (χ3n) is 8.71. The number of amides is 3. The molecular formula is C36H47N5O8S. The van der Waals surface area contributed by atoms with E-state index in [4.69, 9.17) is 15.2 Å². The number of anilines is 3. The molecule has 0 unspecified atom stereocenters. The number of fused-ring (bicyclic) bond motifs is 1. The smallest absolute Gasteiger partial charge is 0.258 e. The van der Waals surface area contributed by atoms with Crippen molar-refractivity contribution >= 4 is 44.8 Å². The second-order valence-corrected chi connectivity index (χ2v) is 14.6. The lowest BCUT2D eigenvalue weighted by molar-refractivity contribution is -0.116. The van der Waals surface area contributed by atoms with E-state index in [2.05, 4.69) is 10.6 Å². The SMILES string of the molecule is COc1ccc(S(=O)(=O)N(C)C[C@@H]2Oc3c(NC(=O)CCCCCC(=O)Nc4ccccc4N)cccc3C(=O)N([C@H](C)CO)C[C@@H]2C)cc1. The Morgan fingerprint density at radius 1 is 1.00 bits per heavy atom. The molecule has 0 saturated heterocycles. The minimum atomic E-state index is -3.92. The molecule has 0 radical (unpaired) electrons. The van der Waals surface area contributed by atoms with Crippen LogP contribution in [0.5, 0.6) is 11.5 Å². The highest BCUT2D eigenvalue weighted by molar-refractivity contribution is 7.89. The summed E-state index contributed by atoms with van der Waals surface area (Å²) >= 11 is 0. The minimum absolute atomic E-state index is 0.0583. The van der Waals surface area contributed by atoms with E-state index >= 15 is 0 Å². The van der Waals surface area contributed by atoms with Crippen molar-refractivity contribution in [1.82, 2.24) is 9.21 Å². The van der Waals surface area contributed by atoms with E-state index in [1.165, 1.54) is 30.6 Å². The molecule has 270 valence electrons. The predicted molar refractivity (Wildman–Crippen MR) is 192 cm³/mol. The van der Waals surface area contributed by atoms with Gasteiger partial charge in [0.2, 0.25) is 21.8 Å². The average molecular weight is 710 g/mol. The number of para-hydroxylation sites is 3. The summed E-state index contributed by atoms with van der Waals surface area (Å²) in [5, 5.41) is 15.6. The van der Waals surface area contributed by atoms with Crippen LogP contribution < -0.4 is 25.8 Å². The number of nitrogens with one attached hydrogen (secondary N) is 2. The Balaban J connectivity index is 1.47. The number of hydrogen-bond acceptors (Lipinski definition) is 9. The van der Waals surface area contributed by atoms with Crippen molar-refractivity contribution in [1.29, 1.82) is 0 Å². The Morgan fingerprint density at radius 3 is 2.24 bits per heavy atom. The number of hydrogen-bond donors (Lipinski definition) is 4. The molecule has 1 heterocycles. The first kappa shape index (κ1) is 38.1. The number of benzene rings is 3. The number of nitrogen functional groups attached to an aromatic ring is 1. The quantitative estimate of drug-likeness (QED) is 0.132. The Hall–Kier alpha value is -4.66. The maximum Gasteiger partial charge on any atom is 0.258 e. The summed E-state index contributed by atoms with van der Waals surface area (Å²) in [4.78, 5) is 40.9. The monoisotopic (exact) mass is 709 g/mol. The molecule has 4 rings (SSSR count). The number of carbonyl (C=O) groups is 3. The highest BCUT2D eigenvalue weighted by Gasteiger charge is 2.36. The van der Waals surface area contributed by atoms with Crippen molar-refractivity contribution in [2.24, 2.45) is 5.92 Å². The fraction of sp³-hybridized carbons (Fsp3) is 0.417. The maximum absolute atomic E-state index is 13.8. The fourth-order valence-corrected chi connectivity index (χ4v) is 6.81. The lowest BCUT2D eigenvalue weighted by Crippen LogP contribution is -2.50. The van der Waals surface area contributed by atoms with Gasteiger partial charge < -0.3 is 35.8 Å². The predicted octanol–water partition coefficient (Wildman–Crippen LogP) is 4.35. The highest BCUT2D eigenvalue weighted by atomic mass is 32.2. The number of aliphatic hydroxyl groups excluding tert-OH is 1. The van der Waals surface area contributed by atoms with E-state index in [0.29, 0.717) is 36.4 Å². The molecule has 0 fully saturated rings. The van der Waals surface area contributed by atoms with Crippen LogP contribution in [0.25, 0.3) is 0 Å². The Bertz CT molecular complexity index is 1750. The van der Waals surface area contributed by atoms with E-state index < -0.39 is 22.2 Å². The zero-order valence-electron chi connectivity index (χ0n) is 28.9. The van der Waals surface area contributed by atoms with Gasteiger partial charge in [0.15, 0.2) is 5.75 Å². The Morgan fingerprint density at radius 2 is 1.62 bits per heavy atom. The second kappa shape index (κ2) is 17.3. The summed E-state index contributed by atoms with van der Waals surface area (Å²) in [5.41, 5.74) is 7.40. The first-order chi connectivity index (χ1) is 23.8. The molecule has 5 N–H and O–H groups in total. The summed E-state index contributed by atoms with van der Waals surface area (Å²) < 4.78 is 39.9. The van der Waals surface area contributed by atoms with Gasteiger partial charge in [-0.2, -0.15) is 4.31 Å². The van der Waals surface area contributed by atoms with Crippen molar-refractivity contribution in [2.45, 2.75) is 63.0 Å². The second-order valence-electron chi connectivity index (χ2n) is 12.5. The van der Waals surface area contributed by atoms with Crippen LogP contribution in [0, 0.1) is 5.92 Å². The molecule has 50 heavy (non-hydrogen) atoms. The molecular weight excluding hydrogens is 662 g/mol. The lowest BCUT2D eigenvalue weighted by atomic mass is 9.99. The van der Waals surface area contributed by atoms with Gasteiger partial charge in [-0.3, -0.25) is 14.4 Å². The Labute approximate surface area is 293 Å². The van der Waals surface area contributed by atoms with Crippen molar-refractivity contribution in [2.75, 3.05) is 50.2 Å². The average Bonchev–Trinajstić information content (AvgIpc) is 3.10. The van der Waals surface area contributed by atoms with Crippen molar-refractivity contribution in [3.8, 4) is 11.5 Å². The molecule has 0 aliphatic carbocycles. The lowest BCUT2D eigenvalue weighted by Gasteiger charge is -2.38. The van der Waals surface area contributed by atoms with Gasteiger partial charge in [-0.05, 0) is 68.3 Å². The number of unbranched alkanes of at least 4 members (excludes halogenated alkanes) is 2. The Kier molecular flexibility index (Phi) is 13.2. The molecule has 0 spiro atoms. The van der Waals surface area contributed by atoms with Crippen LogP contribution in [0.4, 0.5) is 17.1 Å². The summed E-state index contributed by atoms with van der Waals surface area (Å²) in [6.07, 6.45) is 1.45. The standard InChI is InChI=1S/C36H47N5O8S/c1-24-21-41(25(2)23-42)36(45)28-11-10-14-31(39-34(44)16-7-5-6-15-33(43)38-30-13-9-8-12-29(30)37)35(28)49-32(24)22-40(3)50(46,47)27-19-17-26(48-4)18-20-27/h8-14,17-20,24-25,32,42H,5-7,15-16,21-23,37H2,1-4H3,(H,38,43)(H,39,44)/t24-,25+,32-/m0/s1. The molecule has 13 nitrogen and oxygen atoms in total. The largest absolute Gasteiger partial charge is 0.497 e. The van der Waals surface area contributed by atoms with Crippen LogP contribution in [0.15, 0.2) is 71.6 Å². The fourth-order valence-electron chi connectivity index (χ4n) is 5.62. The summed E-state index contributed by atoms with van der Waals surface area (Å²) in [6.45, 7) is 3.45. The third-order valence-corrected chi connectivity index (χ3v) is 10.6. The first-order valence-corrected chi connectivity index (χ1v) is 18.1. The van der Waals surface area contributed by atoms with Gasteiger partial charge in [-0.15, -0.1) is 0 Å². The van der Waals surface area contributed by atoms with Crippen LogP contribution in [0.1, 0.15) is 56.3 Å². The van der Waals surface area contributed by atoms with Gasteiger partial charge in [0.1, 0.15) is 11.9 Å². The topological polar surface area (TPSA) is 181 Å². The maximum atomic E-state index is 13.8. The minimum Gasteiger partial charge on any atom is -0.497 e. The van der Waals surface area contributed by atoms with E-state index in [-0.39, 0.29) is 78.1 Å².